The zero-order chi connectivity index (χ0) is 34.1. The molecule has 0 bridgehead atoms. The van der Waals surface area contributed by atoms with Crippen molar-refractivity contribution < 1.29 is 19.1 Å². The van der Waals surface area contributed by atoms with Gasteiger partial charge in [0.2, 0.25) is 0 Å². The highest BCUT2D eigenvalue weighted by atomic mass is 16.6. The summed E-state index contributed by atoms with van der Waals surface area (Å²) in [5.74, 6) is -0.726. The van der Waals surface area contributed by atoms with Crippen LogP contribution in [0, 0.1) is 0 Å². The van der Waals surface area contributed by atoms with E-state index in [0.717, 1.165) is 22.8 Å². The minimum Gasteiger partial charge on any atom is -0.444 e. The van der Waals surface area contributed by atoms with E-state index in [0.29, 0.717) is 4.57 Å². The predicted octanol–water partition coefficient (Wildman–Crippen LogP) is 5.94. The van der Waals surface area contributed by atoms with Gasteiger partial charge >= 0.3 is 11.8 Å². The fourth-order valence-electron chi connectivity index (χ4n) is 5.51. The molecule has 0 saturated heterocycles. The first-order chi connectivity index (χ1) is 23.1. The third-order valence-corrected chi connectivity index (χ3v) is 7.76. The number of benzene rings is 4. The molecule has 0 unspecified atom stereocenters. The molecular weight excluding hydrogens is 606 g/mol. The van der Waals surface area contributed by atoms with Gasteiger partial charge in [-0.25, -0.2) is 9.59 Å². The Labute approximate surface area is 279 Å². The SMILES string of the molecule is CC(C)(C)OC(=O)N(CCOC(c1ccccc1)(c1ccccc1)c1ccccc1)CCn1ccc(=O)n(C(=O)c2ccccc2)c1=O. The average molecular weight is 646 g/mol. The molecule has 9 nitrogen and oxygen atoms in total. The second-order valence-electron chi connectivity index (χ2n) is 12.2. The van der Waals surface area contributed by atoms with Crippen LogP contribution in [0.5, 0.6) is 0 Å². The summed E-state index contributed by atoms with van der Waals surface area (Å²) in [6.45, 7) is 5.62. The first-order valence-electron chi connectivity index (χ1n) is 15.8. The van der Waals surface area contributed by atoms with Gasteiger partial charge in [0, 0.05) is 37.5 Å². The quantitative estimate of drug-likeness (QED) is 0.165. The summed E-state index contributed by atoms with van der Waals surface area (Å²) in [6.07, 6.45) is 0.742. The maximum atomic E-state index is 13.5. The number of ether oxygens (including phenoxy) is 2. The molecule has 0 N–H and O–H groups in total. The van der Waals surface area contributed by atoms with Gasteiger partial charge in [-0.1, -0.05) is 109 Å². The topological polar surface area (TPSA) is 99.8 Å². The molecule has 5 rings (SSSR count). The van der Waals surface area contributed by atoms with Crippen LogP contribution in [-0.4, -0.2) is 51.3 Å². The summed E-state index contributed by atoms with van der Waals surface area (Å²) in [4.78, 5) is 54.0. The number of rotatable bonds is 11. The van der Waals surface area contributed by atoms with Gasteiger partial charge < -0.3 is 14.4 Å². The molecule has 0 aliphatic carbocycles. The lowest BCUT2D eigenvalue weighted by Crippen LogP contribution is -2.46. The Morgan fingerprint density at radius 2 is 1.15 bits per heavy atom. The highest BCUT2D eigenvalue weighted by Gasteiger charge is 2.37. The van der Waals surface area contributed by atoms with Crippen molar-refractivity contribution >= 4 is 12.0 Å². The van der Waals surface area contributed by atoms with E-state index >= 15 is 0 Å². The molecule has 0 aliphatic rings. The normalized spacial score (nSPS) is 11.6. The molecule has 0 saturated carbocycles. The van der Waals surface area contributed by atoms with E-state index in [4.69, 9.17) is 9.47 Å². The maximum absolute atomic E-state index is 13.5. The van der Waals surface area contributed by atoms with Gasteiger partial charge in [0.1, 0.15) is 11.2 Å². The Bertz CT molecular complexity index is 1840. The summed E-state index contributed by atoms with van der Waals surface area (Å²) in [6, 6.07) is 39.0. The van der Waals surface area contributed by atoms with Gasteiger partial charge in [-0.15, -0.1) is 0 Å². The van der Waals surface area contributed by atoms with E-state index in [1.807, 2.05) is 91.0 Å². The van der Waals surface area contributed by atoms with Gasteiger partial charge in [0.15, 0.2) is 0 Å². The fourth-order valence-corrected chi connectivity index (χ4v) is 5.51. The molecule has 4 aromatic carbocycles. The van der Waals surface area contributed by atoms with Crippen LogP contribution in [0.2, 0.25) is 0 Å². The average Bonchev–Trinajstić information content (AvgIpc) is 3.09. The van der Waals surface area contributed by atoms with Crippen LogP contribution < -0.4 is 11.2 Å². The van der Waals surface area contributed by atoms with Crippen molar-refractivity contribution in [3.8, 4) is 0 Å². The summed E-state index contributed by atoms with van der Waals surface area (Å²) in [5, 5.41) is 0. The molecule has 1 heterocycles. The molecule has 0 fully saturated rings. The molecule has 1 aromatic heterocycles. The number of amides is 1. The zero-order valence-corrected chi connectivity index (χ0v) is 27.3. The fraction of sp³-hybridized carbons (Fsp3) is 0.231. The summed E-state index contributed by atoms with van der Waals surface area (Å²) >= 11 is 0. The Hall–Kier alpha value is -5.54. The number of carbonyl (C=O) groups excluding carboxylic acids is 2. The van der Waals surface area contributed by atoms with E-state index < -0.39 is 34.5 Å². The van der Waals surface area contributed by atoms with Crippen LogP contribution in [0.25, 0.3) is 0 Å². The molecule has 0 radical (unpaired) electrons. The van der Waals surface area contributed by atoms with Crippen LogP contribution >= 0.6 is 0 Å². The molecule has 48 heavy (non-hydrogen) atoms. The third kappa shape index (κ3) is 7.70. The number of hydrogen-bond donors (Lipinski definition) is 0. The van der Waals surface area contributed by atoms with E-state index in [1.54, 1.807) is 39.0 Å². The third-order valence-electron chi connectivity index (χ3n) is 7.76. The predicted molar refractivity (Wildman–Crippen MR) is 184 cm³/mol. The summed E-state index contributed by atoms with van der Waals surface area (Å²) in [7, 11) is 0. The lowest BCUT2D eigenvalue weighted by molar-refractivity contribution is -0.0116. The summed E-state index contributed by atoms with van der Waals surface area (Å²) in [5.41, 5.74) is -0.331. The van der Waals surface area contributed by atoms with E-state index in [9.17, 15) is 19.2 Å². The van der Waals surface area contributed by atoms with Crippen LogP contribution in [0.4, 0.5) is 4.79 Å². The highest BCUT2D eigenvalue weighted by Crippen LogP contribution is 2.40. The van der Waals surface area contributed by atoms with Gasteiger partial charge in [0.25, 0.3) is 11.5 Å². The van der Waals surface area contributed by atoms with E-state index in [2.05, 4.69) is 0 Å². The minimum atomic E-state index is -0.992. The largest absolute Gasteiger partial charge is 0.444 e. The van der Waals surface area contributed by atoms with Gasteiger partial charge in [0.05, 0.1) is 6.61 Å². The molecule has 0 aliphatic heterocycles. The van der Waals surface area contributed by atoms with Crippen LogP contribution in [0.15, 0.2) is 143 Å². The van der Waals surface area contributed by atoms with Crippen molar-refractivity contribution in [2.75, 3.05) is 19.7 Å². The molecular formula is C39H39N3O6. The number of hydrogen-bond acceptors (Lipinski definition) is 6. The highest BCUT2D eigenvalue weighted by molar-refractivity contribution is 5.95. The zero-order valence-electron chi connectivity index (χ0n) is 27.3. The van der Waals surface area contributed by atoms with Crippen molar-refractivity contribution in [1.82, 2.24) is 14.0 Å². The maximum Gasteiger partial charge on any atom is 0.410 e. The number of aromatic nitrogens is 2. The molecule has 0 atom stereocenters. The van der Waals surface area contributed by atoms with Crippen molar-refractivity contribution in [3.05, 3.63) is 177 Å². The lowest BCUT2D eigenvalue weighted by atomic mass is 9.80. The summed E-state index contributed by atoms with van der Waals surface area (Å²) < 4.78 is 14.5. The molecule has 246 valence electrons. The molecule has 0 spiro atoms. The second-order valence-corrected chi connectivity index (χ2v) is 12.2. The molecule has 5 aromatic rings. The van der Waals surface area contributed by atoms with Crippen LogP contribution in [0.1, 0.15) is 47.8 Å². The Morgan fingerprint density at radius 3 is 1.62 bits per heavy atom. The van der Waals surface area contributed by atoms with Crippen molar-refractivity contribution in [2.45, 2.75) is 38.5 Å². The number of nitrogens with zero attached hydrogens (tertiary/aromatic N) is 3. The Balaban J connectivity index is 1.44. The minimum absolute atomic E-state index is 0.00161. The lowest BCUT2D eigenvalue weighted by Gasteiger charge is -2.37. The first-order valence-corrected chi connectivity index (χ1v) is 15.8. The van der Waals surface area contributed by atoms with E-state index in [-0.39, 0.29) is 31.8 Å². The standard InChI is InChI=1S/C39H39N3O6/c1-38(2,3)48-37(46)41(27-26-40-25-24-34(43)42(36(40)45)35(44)30-16-8-4-9-17-30)28-29-47-39(31-18-10-5-11-19-31,32-20-12-6-13-21-32)33-22-14-7-15-23-33/h4-25H,26-29H2,1-3H3. The number of carbonyl (C=O) groups is 2. The smallest absolute Gasteiger partial charge is 0.410 e. The second kappa shape index (κ2) is 14.9. The van der Waals surface area contributed by atoms with Gasteiger partial charge in [-0.05, 0) is 49.6 Å². The Kier molecular flexibility index (Phi) is 10.5. The monoisotopic (exact) mass is 645 g/mol. The van der Waals surface area contributed by atoms with Crippen molar-refractivity contribution in [1.29, 1.82) is 0 Å². The first kappa shape index (κ1) is 33.8. The molecule has 9 heteroatoms. The van der Waals surface area contributed by atoms with Gasteiger partial charge in [-0.3, -0.25) is 14.2 Å². The van der Waals surface area contributed by atoms with Crippen molar-refractivity contribution in [2.24, 2.45) is 0 Å². The Morgan fingerprint density at radius 1 is 0.667 bits per heavy atom. The van der Waals surface area contributed by atoms with E-state index in [1.165, 1.54) is 27.8 Å². The molecule has 1 amide bonds. The van der Waals surface area contributed by atoms with Crippen LogP contribution in [-0.2, 0) is 21.6 Å². The van der Waals surface area contributed by atoms with Crippen molar-refractivity contribution in [3.63, 3.8) is 0 Å². The van der Waals surface area contributed by atoms with Crippen LogP contribution in [0.3, 0.4) is 0 Å². The van der Waals surface area contributed by atoms with Gasteiger partial charge in [-0.2, -0.15) is 4.57 Å².